The van der Waals surface area contributed by atoms with Gasteiger partial charge in [0.15, 0.2) is 0 Å². The van der Waals surface area contributed by atoms with Crippen LogP contribution in [0.3, 0.4) is 0 Å². The van der Waals surface area contributed by atoms with E-state index in [9.17, 15) is 14.0 Å². The highest BCUT2D eigenvalue weighted by atomic mass is 35.6. The molecule has 1 aliphatic carbocycles. The van der Waals surface area contributed by atoms with E-state index in [1.54, 1.807) is 32.4 Å². The molecule has 190 valence electrons. The summed E-state index contributed by atoms with van der Waals surface area (Å²) in [5.41, 5.74) is 3.72. The molecule has 2 heterocycles. The summed E-state index contributed by atoms with van der Waals surface area (Å²) in [5, 5.41) is 5.32. The van der Waals surface area contributed by atoms with Crippen LogP contribution in [-0.2, 0) is 9.53 Å². The fourth-order valence-corrected chi connectivity index (χ4v) is 3.25. The number of aldehydes is 1. The molecule has 36 heavy (non-hydrogen) atoms. The zero-order valence-electron chi connectivity index (χ0n) is 19.5. The highest BCUT2D eigenvalue weighted by Gasteiger charge is 2.23. The van der Waals surface area contributed by atoms with Crippen LogP contribution >= 0.6 is 34.8 Å². The Kier molecular flexibility index (Phi) is 9.48. The van der Waals surface area contributed by atoms with Gasteiger partial charge in [-0.1, -0.05) is 34.8 Å². The Morgan fingerprint density at radius 3 is 2.44 bits per heavy atom. The van der Waals surface area contributed by atoms with Crippen LogP contribution < -0.4 is 10.6 Å². The van der Waals surface area contributed by atoms with Crippen LogP contribution in [0.25, 0.3) is 22.4 Å². The predicted molar refractivity (Wildman–Crippen MR) is 141 cm³/mol. The molecule has 2 aromatic heterocycles. The molecule has 11 heteroatoms. The summed E-state index contributed by atoms with van der Waals surface area (Å²) in [6, 6.07) is 10.2. The van der Waals surface area contributed by atoms with E-state index in [2.05, 4.69) is 20.6 Å². The Labute approximate surface area is 223 Å². The van der Waals surface area contributed by atoms with Gasteiger partial charge in [0.05, 0.1) is 11.4 Å². The van der Waals surface area contributed by atoms with Crippen molar-refractivity contribution in [1.29, 1.82) is 0 Å². The molecule has 0 spiro atoms. The molecule has 1 fully saturated rings. The molecule has 0 bridgehead atoms. The number of aryl methyl sites for hydroxylation is 1. The number of carbonyl (C=O) groups is 2. The standard InChI is InChI=1S/C21H18Cl3FN4O2.C4H6O/c1-12-7-16(25)18(29-20(30)31-11-21(22,23)24)10-15(12)13-3-5-27-17(8-13)14-4-6-28-19(9-14)26-2;5-3-4-1-2-4/h3-10H,11H2,1-2H3,(H,26,28)(H,29,30);3-4H,1-2H2. The molecule has 1 amide bonds. The smallest absolute Gasteiger partial charge is 0.411 e. The second-order valence-electron chi connectivity index (χ2n) is 8.05. The number of nitrogens with zero attached hydrogens (tertiary/aromatic N) is 2. The molecule has 0 atom stereocenters. The lowest BCUT2D eigenvalue weighted by Crippen LogP contribution is -2.21. The fourth-order valence-electron chi connectivity index (χ4n) is 3.09. The SMILES string of the molecule is CNc1cc(-c2cc(-c3cc(NC(=O)OCC(Cl)(Cl)Cl)c(F)cc3C)ccn2)ccn1.O=CC1CC1. The van der Waals surface area contributed by atoms with E-state index >= 15 is 0 Å². The second kappa shape index (κ2) is 12.3. The Morgan fingerprint density at radius 1 is 1.14 bits per heavy atom. The van der Waals surface area contributed by atoms with Crippen molar-refractivity contribution < 1.29 is 18.7 Å². The number of pyridine rings is 2. The van der Waals surface area contributed by atoms with E-state index in [0.717, 1.165) is 35.9 Å². The molecule has 0 aliphatic heterocycles. The van der Waals surface area contributed by atoms with E-state index in [1.807, 2.05) is 18.2 Å². The van der Waals surface area contributed by atoms with Gasteiger partial charge in [-0.15, -0.1) is 0 Å². The monoisotopic (exact) mass is 552 g/mol. The van der Waals surface area contributed by atoms with Gasteiger partial charge in [-0.3, -0.25) is 10.3 Å². The molecular formula is C25H24Cl3FN4O3. The maximum Gasteiger partial charge on any atom is 0.411 e. The Hall–Kier alpha value is -2.94. The maximum atomic E-state index is 14.4. The van der Waals surface area contributed by atoms with E-state index in [1.165, 1.54) is 12.1 Å². The summed E-state index contributed by atoms with van der Waals surface area (Å²) in [5.74, 6) is 0.548. The van der Waals surface area contributed by atoms with Crippen LogP contribution in [0.4, 0.5) is 20.7 Å². The van der Waals surface area contributed by atoms with E-state index < -0.39 is 22.3 Å². The lowest BCUT2D eigenvalue weighted by Gasteiger charge is -2.14. The number of amides is 1. The van der Waals surface area contributed by atoms with Crippen LogP contribution in [0, 0.1) is 18.7 Å². The molecule has 3 aromatic rings. The number of anilines is 2. The number of alkyl halides is 3. The average Bonchev–Trinajstić information content (AvgIpc) is 3.69. The molecule has 1 saturated carbocycles. The summed E-state index contributed by atoms with van der Waals surface area (Å²) in [4.78, 5) is 30.1. The molecule has 2 N–H and O–H groups in total. The highest BCUT2D eigenvalue weighted by Crippen LogP contribution is 2.32. The number of nitrogens with one attached hydrogen (secondary N) is 2. The van der Waals surface area contributed by atoms with Gasteiger partial charge >= 0.3 is 6.09 Å². The summed E-state index contributed by atoms with van der Waals surface area (Å²) in [7, 11) is 1.78. The van der Waals surface area contributed by atoms with Crippen molar-refractivity contribution in [3.05, 3.63) is 60.2 Å². The molecule has 0 unspecified atom stereocenters. The number of benzene rings is 1. The van der Waals surface area contributed by atoms with Crippen molar-refractivity contribution in [3.8, 4) is 22.4 Å². The third-order valence-corrected chi connectivity index (χ3v) is 5.44. The van der Waals surface area contributed by atoms with Gasteiger partial charge in [0.2, 0.25) is 3.79 Å². The third-order valence-electron chi connectivity index (χ3n) is 5.11. The van der Waals surface area contributed by atoms with Gasteiger partial charge in [0.1, 0.15) is 24.5 Å². The highest BCUT2D eigenvalue weighted by molar-refractivity contribution is 6.67. The maximum absolute atomic E-state index is 14.4. The van der Waals surface area contributed by atoms with Crippen molar-refractivity contribution in [2.45, 2.75) is 23.6 Å². The summed E-state index contributed by atoms with van der Waals surface area (Å²) in [6.07, 6.45) is 5.72. The van der Waals surface area contributed by atoms with Gasteiger partial charge in [0, 0.05) is 30.9 Å². The molecule has 0 saturated heterocycles. The first-order chi connectivity index (χ1) is 17.1. The zero-order chi connectivity index (χ0) is 26.3. The van der Waals surface area contributed by atoms with Gasteiger partial charge in [-0.25, -0.2) is 14.2 Å². The Morgan fingerprint density at radius 2 is 1.83 bits per heavy atom. The van der Waals surface area contributed by atoms with Crippen LogP contribution in [0.5, 0.6) is 0 Å². The minimum atomic E-state index is -1.76. The number of rotatable bonds is 6. The minimum absolute atomic E-state index is 0.0605. The average molecular weight is 554 g/mol. The van der Waals surface area contributed by atoms with Crippen molar-refractivity contribution >= 4 is 58.7 Å². The van der Waals surface area contributed by atoms with E-state index in [-0.39, 0.29) is 5.69 Å². The molecule has 4 rings (SSSR count). The Balaban J connectivity index is 0.000000642. The molecule has 0 radical (unpaired) electrons. The first-order valence-corrected chi connectivity index (χ1v) is 12.1. The molecule has 7 nitrogen and oxygen atoms in total. The normalized spacial score (nSPS) is 12.7. The summed E-state index contributed by atoms with van der Waals surface area (Å²) >= 11 is 16.7. The number of ether oxygens (including phenoxy) is 1. The topological polar surface area (TPSA) is 93.2 Å². The lowest BCUT2D eigenvalue weighted by atomic mass is 9.98. The van der Waals surface area contributed by atoms with Crippen molar-refractivity contribution in [2.24, 2.45) is 5.92 Å². The predicted octanol–water partition coefficient (Wildman–Crippen LogP) is 6.81. The lowest BCUT2D eigenvalue weighted by molar-refractivity contribution is -0.108. The van der Waals surface area contributed by atoms with Crippen LogP contribution in [-0.4, -0.2) is 39.8 Å². The third kappa shape index (κ3) is 8.33. The first kappa shape index (κ1) is 27.6. The van der Waals surface area contributed by atoms with Crippen LogP contribution in [0.1, 0.15) is 18.4 Å². The van der Waals surface area contributed by atoms with Gasteiger partial charge in [0.25, 0.3) is 0 Å². The number of hydrogen-bond donors (Lipinski definition) is 2. The first-order valence-electron chi connectivity index (χ1n) is 11.0. The Bertz CT molecular complexity index is 1230. The van der Waals surface area contributed by atoms with Crippen LogP contribution in [0.2, 0.25) is 0 Å². The largest absolute Gasteiger partial charge is 0.445 e. The summed E-state index contributed by atoms with van der Waals surface area (Å²) in [6.45, 7) is 1.30. The van der Waals surface area contributed by atoms with Gasteiger partial charge in [-0.2, -0.15) is 0 Å². The minimum Gasteiger partial charge on any atom is -0.445 e. The number of halogens is 4. The van der Waals surface area contributed by atoms with Crippen molar-refractivity contribution in [3.63, 3.8) is 0 Å². The van der Waals surface area contributed by atoms with Gasteiger partial charge < -0.3 is 14.8 Å². The van der Waals surface area contributed by atoms with Crippen LogP contribution in [0.15, 0.2) is 48.8 Å². The molecule has 1 aromatic carbocycles. The molecule has 1 aliphatic rings. The van der Waals surface area contributed by atoms with Crippen molar-refractivity contribution in [1.82, 2.24) is 9.97 Å². The number of hydrogen-bond acceptors (Lipinski definition) is 6. The van der Waals surface area contributed by atoms with Gasteiger partial charge in [-0.05, 0) is 72.9 Å². The quantitative estimate of drug-likeness (QED) is 0.257. The second-order valence-corrected chi connectivity index (χ2v) is 10.6. The number of carbonyl (C=O) groups excluding carboxylic acids is 2. The fraction of sp³-hybridized carbons (Fsp3) is 0.280. The number of aromatic nitrogens is 2. The summed E-state index contributed by atoms with van der Waals surface area (Å²) < 4.78 is 17.5. The van der Waals surface area contributed by atoms with E-state index in [0.29, 0.717) is 22.9 Å². The molecular weight excluding hydrogens is 530 g/mol. The zero-order valence-corrected chi connectivity index (χ0v) is 21.8. The van der Waals surface area contributed by atoms with Crippen molar-refractivity contribution in [2.75, 3.05) is 24.3 Å². The van der Waals surface area contributed by atoms with E-state index in [4.69, 9.17) is 39.5 Å².